The number of hydrogen-bond acceptors (Lipinski definition) is 7. The van der Waals surface area contributed by atoms with Gasteiger partial charge in [-0.25, -0.2) is 8.42 Å². The fourth-order valence-corrected chi connectivity index (χ4v) is 5.78. The number of aryl methyl sites for hydroxylation is 1. The van der Waals surface area contributed by atoms with Crippen molar-refractivity contribution in [2.24, 2.45) is 5.92 Å². The number of nitrogens with zero attached hydrogens (tertiary/aromatic N) is 3. The number of likely N-dealkylation sites (N-methyl/N-ethyl adjacent to an activating group) is 1. The summed E-state index contributed by atoms with van der Waals surface area (Å²) in [5.41, 5.74) is 0. The Balaban J connectivity index is 1.59. The van der Waals surface area contributed by atoms with Gasteiger partial charge in [0.15, 0.2) is 5.82 Å². The van der Waals surface area contributed by atoms with E-state index in [1.807, 2.05) is 0 Å². The van der Waals surface area contributed by atoms with E-state index in [1.54, 1.807) is 30.5 Å². The molecule has 9 nitrogen and oxygen atoms in total. The lowest BCUT2D eigenvalue weighted by molar-refractivity contribution is -0.138. The van der Waals surface area contributed by atoms with Crippen molar-refractivity contribution < 1.29 is 22.5 Å². The molecule has 28 heavy (non-hydrogen) atoms. The van der Waals surface area contributed by atoms with Crippen molar-refractivity contribution in [2.45, 2.75) is 24.0 Å². The van der Waals surface area contributed by atoms with E-state index < -0.39 is 21.8 Å². The summed E-state index contributed by atoms with van der Waals surface area (Å²) < 4.78 is 31.9. The topological polar surface area (TPSA) is 113 Å². The first kappa shape index (κ1) is 20.5. The first-order chi connectivity index (χ1) is 13.3. The van der Waals surface area contributed by atoms with Gasteiger partial charge in [0.05, 0.1) is 12.5 Å². The standard InChI is InChI=1S/C17H22N4O5S2/c1-12-9-14(19-26-12)18-15(22)11-20(2)17(23)13-5-3-7-21(10-13)28(24,25)16-6-4-8-27-16/h4,6,8-9,13H,3,5,7,10-11H2,1-2H3,(H,18,19,22). The van der Waals surface area contributed by atoms with Crippen molar-refractivity contribution in [3.63, 3.8) is 0 Å². The molecule has 1 fully saturated rings. The number of sulfonamides is 1. The predicted molar refractivity (Wildman–Crippen MR) is 103 cm³/mol. The number of amides is 2. The van der Waals surface area contributed by atoms with Gasteiger partial charge in [-0.1, -0.05) is 11.2 Å². The molecule has 0 aromatic carbocycles. The number of carbonyl (C=O) groups is 2. The van der Waals surface area contributed by atoms with Crippen LogP contribution in [0.5, 0.6) is 0 Å². The summed E-state index contributed by atoms with van der Waals surface area (Å²) in [4.78, 5) is 26.2. The zero-order valence-electron chi connectivity index (χ0n) is 15.6. The molecule has 1 aliphatic rings. The molecule has 3 rings (SSSR count). The Bertz CT molecular complexity index is 939. The van der Waals surface area contributed by atoms with E-state index >= 15 is 0 Å². The molecule has 1 saturated heterocycles. The number of piperidine rings is 1. The van der Waals surface area contributed by atoms with Crippen molar-refractivity contribution in [3.8, 4) is 0 Å². The maximum atomic E-state index is 12.7. The molecule has 152 valence electrons. The number of hydrogen-bond donors (Lipinski definition) is 1. The van der Waals surface area contributed by atoms with E-state index in [9.17, 15) is 18.0 Å². The minimum atomic E-state index is -3.59. The van der Waals surface area contributed by atoms with Crippen molar-refractivity contribution >= 4 is 39.0 Å². The van der Waals surface area contributed by atoms with E-state index in [2.05, 4.69) is 10.5 Å². The SMILES string of the molecule is Cc1cc(NC(=O)CN(C)C(=O)C2CCCN(S(=O)(=O)c3cccs3)C2)no1. The molecule has 1 unspecified atom stereocenters. The summed E-state index contributed by atoms with van der Waals surface area (Å²) >= 11 is 1.16. The van der Waals surface area contributed by atoms with E-state index in [0.29, 0.717) is 25.1 Å². The monoisotopic (exact) mass is 426 g/mol. The second kappa shape index (κ2) is 8.41. The van der Waals surface area contributed by atoms with Gasteiger partial charge in [0, 0.05) is 26.2 Å². The van der Waals surface area contributed by atoms with Crippen LogP contribution in [0.25, 0.3) is 0 Å². The van der Waals surface area contributed by atoms with Crippen LogP contribution >= 0.6 is 11.3 Å². The highest BCUT2D eigenvalue weighted by molar-refractivity contribution is 7.91. The average molecular weight is 427 g/mol. The lowest BCUT2D eigenvalue weighted by atomic mass is 9.98. The Labute approximate surface area is 167 Å². The summed E-state index contributed by atoms with van der Waals surface area (Å²) in [6, 6.07) is 4.83. The van der Waals surface area contributed by atoms with Crippen LogP contribution in [0.3, 0.4) is 0 Å². The summed E-state index contributed by atoms with van der Waals surface area (Å²) in [7, 11) is -2.06. The van der Waals surface area contributed by atoms with Crippen LogP contribution in [0.15, 0.2) is 32.3 Å². The molecule has 0 saturated carbocycles. The quantitative estimate of drug-likeness (QED) is 0.750. The minimum Gasteiger partial charge on any atom is -0.360 e. The van der Waals surface area contributed by atoms with Crippen LogP contribution in [0.1, 0.15) is 18.6 Å². The fraction of sp³-hybridized carbons (Fsp3) is 0.471. The van der Waals surface area contributed by atoms with Crippen LogP contribution in [-0.4, -0.2) is 61.3 Å². The zero-order chi connectivity index (χ0) is 20.3. The second-order valence-corrected chi connectivity index (χ2v) is 9.81. The summed E-state index contributed by atoms with van der Waals surface area (Å²) in [5, 5.41) is 7.95. The molecule has 3 heterocycles. The van der Waals surface area contributed by atoms with Gasteiger partial charge in [-0.3, -0.25) is 9.59 Å². The molecular weight excluding hydrogens is 404 g/mol. The minimum absolute atomic E-state index is 0.119. The Hall–Kier alpha value is -2.24. The van der Waals surface area contributed by atoms with Crippen molar-refractivity contribution in [2.75, 3.05) is 32.0 Å². The van der Waals surface area contributed by atoms with Crippen LogP contribution in [0.2, 0.25) is 0 Å². The number of rotatable bonds is 6. The van der Waals surface area contributed by atoms with Gasteiger partial charge >= 0.3 is 0 Å². The molecule has 11 heteroatoms. The number of nitrogens with one attached hydrogen (secondary N) is 1. The Morgan fingerprint density at radius 3 is 2.89 bits per heavy atom. The third-order valence-corrected chi connectivity index (χ3v) is 7.71. The highest BCUT2D eigenvalue weighted by Gasteiger charge is 2.35. The summed E-state index contributed by atoms with van der Waals surface area (Å²) in [5.74, 6) is -0.278. The van der Waals surface area contributed by atoms with Crippen LogP contribution in [-0.2, 0) is 19.6 Å². The smallest absolute Gasteiger partial charge is 0.252 e. The molecular formula is C17H22N4O5S2. The lowest BCUT2D eigenvalue weighted by Gasteiger charge is -2.32. The molecule has 2 aromatic heterocycles. The first-order valence-electron chi connectivity index (χ1n) is 8.79. The molecule has 2 aromatic rings. The van der Waals surface area contributed by atoms with E-state index in [4.69, 9.17) is 4.52 Å². The number of aromatic nitrogens is 1. The van der Waals surface area contributed by atoms with Crippen LogP contribution < -0.4 is 5.32 Å². The molecule has 1 aliphatic heterocycles. The second-order valence-electron chi connectivity index (χ2n) is 6.70. The maximum Gasteiger partial charge on any atom is 0.252 e. The van der Waals surface area contributed by atoms with Crippen molar-refractivity contribution in [1.82, 2.24) is 14.4 Å². The Morgan fingerprint density at radius 1 is 1.46 bits per heavy atom. The van der Waals surface area contributed by atoms with Gasteiger partial charge in [0.1, 0.15) is 9.97 Å². The molecule has 2 amide bonds. The van der Waals surface area contributed by atoms with Crippen molar-refractivity contribution in [1.29, 1.82) is 0 Å². The number of anilines is 1. The maximum absolute atomic E-state index is 12.7. The molecule has 0 spiro atoms. The Morgan fingerprint density at radius 2 is 2.25 bits per heavy atom. The van der Waals surface area contributed by atoms with E-state index in [1.165, 1.54) is 16.3 Å². The van der Waals surface area contributed by atoms with Crippen LogP contribution in [0, 0.1) is 12.8 Å². The molecule has 0 bridgehead atoms. The summed E-state index contributed by atoms with van der Waals surface area (Å²) in [6.45, 7) is 2.06. The highest BCUT2D eigenvalue weighted by atomic mass is 32.2. The fourth-order valence-electron chi connectivity index (χ4n) is 3.11. The van der Waals surface area contributed by atoms with Crippen LogP contribution in [0.4, 0.5) is 5.82 Å². The van der Waals surface area contributed by atoms with Gasteiger partial charge < -0.3 is 14.7 Å². The third kappa shape index (κ3) is 4.59. The van der Waals surface area contributed by atoms with Gasteiger partial charge in [-0.05, 0) is 31.2 Å². The molecule has 1 N–H and O–H groups in total. The van der Waals surface area contributed by atoms with E-state index in [-0.39, 0.29) is 29.0 Å². The lowest BCUT2D eigenvalue weighted by Crippen LogP contribution is -2.47. The van der Waals surface area contributed by atoms with Gasteiger partial charge in [0.25, 0.3) is 10.0 Å². The highest BCUT2D eigenvalue weighted by Crippen LogP contribution is 2.27. The Kier molecular flexibility index (Phi) is 6.16. The number of carbonyl (C=O) groups excluding carboxylic acids is 2. The molecule has 0 radical (unpaired) electrons. The van der Waals surface area contributed by atoms with Gasteiger partial charge in [-0.15, -0.1) is 11.3 Å². The first-order valence-corrected chi connectivity index (χ1v) is 11.1. The normalized spacial score (nSPS) is 18.0. The average Bonchev–Trinajstić information content (AvgIpc) is 3.33. The number of thiophene rings is 1. The molecule has 1 atom stereocenters. The molecule has 0 aliphatic carbocycles. The third-order valence-electron chi connectivity index (χ3n) is 4.48. The summed E-state index contributed by atoms with van der Waals surface area (Å²) in [6.07, 6.45) is 1.18. The zero-order valence-corrected chi connectivity index (χ0v) is 17.3. The van der Waals surface area contributed by atoms with Gasteiger partial charge in [0.2, 0.25) is 11.8 Å². The van der Waals surface area contributed by atoms with Crippen molar-refractivity contribution in [3.05, 3.63) is 29.3 Å². The van der Waals surface area contributed by atoms with E-state index in [0.717, 1.165) is 11.3 Å². The van der Waals surface area contributed by atoms with Gasteiger partial charge in [-0.2, -0.15) is 4.31 Å². The predicted octanol–water partition coefficient (Wildman–Crippen LogP) is 1.54. The largest absolute Gasteiger partial charge is 0.360 e.